The Bertz CT molecular complexity index is 541. The topological polar surface area (TPSA) is 51.4 Å². The van der Waals surface area contributed by atoms with Gasteiger partial charge in [-0.3, -0.25) is 5.01 Å². The van der Waals surface area contributed by atoms with Crippen LogP contribution in [0.4, 0.5) is 5.13 Å². The van der Waals surface area contributed by atoms with Crippen molar-refractivity contribution < 1.29 is 4.74 Å². The highest BCUT2D eigenvalue weighted by atomic mass is 32.1. The highest BCUT2D eigenvalue weighted by molar-refractivity contribution is 7.22. The van der Waals surface area contributed by atoms with E-state index in [0.29, 0.717) is 6.61 Å². The summed E-state index contributed by atoms with van der Waals surface area (Å²) in [6, 6.07) is 5.98. The number of hydrogen-bond acceptors (Lipinski definition) is 5. The molecule has 1 aromatic heterocycles. The van der Waals surface area contributed by atoms with E-state index in [2.05, 4.69) is 11.9 Å². The van der Waals surface area contributed by atoms with Gasteiger partial charge < -0.3 is 4.74 Å². The summed E-state index contributed by atoms with van der Waals surface area (Å²) < 4.78 is 6.63. The van der Waals surface area contributed by atoms with Gasteiger partial charge in [0.15, 0.2) is 0 Å². The Morgan fingerprint density at radius 1 is 1.25 bits per heavy atom. The second-order valence-corrected chi connectivity index (χ2v) is 5.82. The number of nitrogens with zero attached hydrogens (tertiary/aromatic N) is 2. The number of nitrogens with two attached hydrogens (primary N) is 1. The molecule has 20 heavy (non-hydrogen) atoms. The number of rotatable bonds is 8. The zero-order valence-corrected chi connectivity index (χ0v) is 13.1. The average Bonchev–Trinajstić information content (AvgIpc) is 2.87. The molecule has 0 atom stereocenters. The van der Waals surface area contributed by atoms with Gasteiger partial charge in [0.05, 0.1) is 16.8 Å². The third-order valence-corrected chi connectivity index (χ3v) is 4.21. The van der Waals surface area contributed by atoms with Gasteiger partial charge in [-0.2, -0.15) is 0 Å². The lowest BCUT2D eigenvalue weighted by Crippen LogP contribution is -2.31. The van der Waals surface area contributed by atoms with Crippen LogP contribution in [-0.2, 0) is 0 Å². The van der Waals surface area contributed by atoms with Crippen LogP contribution < -0.4 is 15.6 Å². The van der Waals surface area contributed by atoms with E-state index in [1.54, 1.807) is 16.3 Å². The SMILES string of the molecule is CCCCCCN(N)c1nc2ccc(OCC)cc2s1. The smallest absolute Gasteiger partial charge is 0.200 e. The fraction of sp³-hybridized carbons (Fsp3) is 0.533. The van der Waals surface area contributed by atoms with Crippen molar-refractivity contribution in [3.05, 3.63) is 18.2 Å². The molecule has 2 rings (SSSR count). The summed E-state index contributed by atoms with van der Waals surface area (Å²) in [5.74, 6) is 6.98. The molecule has 0 amide bonds. The summed E-state index contributed by atoms with van der Waals surface area (Å²) in [6.07, 6.45) is 4.85. The Labute approximate surface area is 124 Å². The monoisotopic (exact) mass is 293 g/mol. The second-order valence-electron chi connectivity index (χ2n) is 4.81. The van der Waals surface area contributed by atoms with Gasteiger partial charge >= 0.3 is 0 Å². The predicted octanol–water partition coefficient (Wildman–Crippen LogP) is 3.96. The Kier molecular flexibility index (Phi) is 5.61. The van der Waals surface area contributed by atoms with Crippen LogP contribution in [0.2, 0.25) is 0 Å². The number of hydrazine groups is 1. The van der Waals surface area contributed by atoms with E-state index < -0.39 is 0 Å². The number of unbranched alkanes of at least 4 members (excludes halogenated alkanes) is 3. The lowest BCUT2D eigenvalue weighted by atomic mass is 10.2. The number of anilines is 1. The first-order valence-corrected chi connectivity index (χ1v) is 8.12. The van der Waals surface area contributed by atoms with Crippen molar-refractivity contribution in [3.8, 4) is 5.75 Å². The normalized spacial score (nSPS) is 10.9. The minimum atomic E-state index is 0.678. The van der Waals surface area contributed by atoms with Crippen LogP contribution in [0.1, 0.15) is 39.5 Å². The molecule has 0 fully saturated rings. The Morgan fingerprint density at radius 2 is 2.10 bits per heavy atom. The molecule has 0 unspecified atom stereocenters. The third-order valence-electron chi connectivity index (χ3n) is 3.16. The lowest BCUT2D eigenvalue weighted by Gasteiger charge is -2.14. The molecule has 0 aliphatic heterocycles. The van der Waals surface area contributed by atoms with E-state index in [4.69, 9.17) is 10.6 Å². The minimum absolute atomic E-state index is 0.678. The standard InChI is InChI=1S/C15H23N3OS/c1-3-5-6-7-10-18(16)15-17-13-9-8-12(19-4-2)11-14(13)20-15/h8-9,11H,3-7,10,16H2,1-2H3. The van der Waals surface area contributed by atoms with Crippen molar-refractivity contribution >= 4 is 26.7 Å². The molecule has 0 spiro atoms. The van der Waals surface area contributed by atoms with E-state index in [9.17, 15) is 0 Å². The maximum absolute atomic E-state index is 6.09. The van der Waals surface area contributed by atoms with Crippen LogP contribution in [0.3, 0.4) is 0 Å². The van der Waals surface area contributed by atoms with Crippen LogP contribution in [-0.4, -0.2) is 18.1 Å². The zero-order chi connectivity index (χ0) is 14.4. The summed E-state index contributed by atoms with van der Waals surface area (Å²) in [4.78, 5) is 4.58. The molecular formula is C15H23N3OS. The quantitative estimate of drug-likeness (QED) is 0.455. The van der Waals surface area contributed by atoms with Gasteiger partial charge in [0, 0.05) is 6.54 Å². The van der Waals surface area contributed by atoms with Gasteiger partial charge in [0.1, 0.15) is 5.75 Å². The molecule has 5 heteroatoms. The zero-order valence-electron chi connectivity index (χ0n) is 12.3. The van der Waals surface area contributed by atoms with Crippen molar-refractivity contribution in [1.82, 2.24) is 4.98 Å². The molecule has 0 saturated heterocycles. The van der Waals surface area contributed by atoms with Crippen LogP contribution in [0.15, 0.2) is 18.2 Å². The molecule has 2 aromatic rings. The molecule has 0 aliphatic carbocycles. The number of hydrogen-bond donors (Lipinski definition) is 1. The van der Waals surface area contributed by atoms with E-state index in [-0.39, 0.29) is 0 Å². The van der Waals surface area contributed by atoms with Crippen LogP contribution in [0.5, 0.6) is 5.75 Å². The number of benzene rings is 1. The van der Waals surface area contributed by atoms with Crippen LogP contribution >= 0.6 is 11.3 Å². The van der Waals surface area contributed by atoms with E-state index in [0.717, 1.165) is 34.1 Å². The number of thiazole rings is 1. The van der Waals surface area contributed by atoms with Gasteiger partial charge in [-0.05, 0) is 31.5 Å². The summed E-state index contributed by atoms with van der Waals surface area (Å²) in [5, 5.41) is 2.64. The summed E-state index contributed by atoms with van der Waals surface area (Å²) in [6.45, 7) is 5.74. The minimum Gasteiger partial charge on any atom is -0.494 e. The van der Waals surface area contributed by atoms with E-state index in [1.165, 1.54) is 19.3 Å². The number of aromatic nitrogens is 1. The molecule has 0 saturated carbocycles. The van der Waals surface area contributed by atoms with Crippen molar-refractivity contribution in [1.29, 1.82) is 0 Å². The number of ether oxygens (including phenoxy) is 1. The summed E-state index contributed by atoms with van der Waals surface area (Å²) in [7, 11) is 0. The highest BCUT2D eigenvalue weighted by Gasteiger charge is 2.09. The van der Waals surface area contributed by atoms with Crippen molar-refractivity contribution in [2.45, 2.75) is 39.5 Å². The molecule has 4 nitrogen and oxygen atoms in total. The fourth-order valence-corrected chi connectivity index (χ4v) is 3.02. The first-order valence-electron chi connectivity index (χ1n) is 7.30. The molecule has 0 aliphatic rings. The third kappa shape index (κ3) is 3.84. The summed E-state index contributed by atoms with van der Waals surface area (Å²) >= 11 is 1.62. The maximum Gasteiger partial charge on any atom is 0.200 e. The van der Waals surface area contributed by atoms with Gasteiger partial charge in [-0.1, -0.05) is 37.5 Å². The molecule has 110 valence electrons. The highest BCUT2D eigenvalue weighted by Crippen LogP contribution is 2.30. The molecule has 2 N–H and O–H groups in total. The van der Waals surface area contributed by atoms with E-state index in [1.807, 2.05) is 25.1 Å². The Morgan fingerprint density at radius 3 is 2.85 bits per heavy atom. The van der Waals surface area contributed by atoms with Crippen molar-refractivity contribution in [2.24, 2.45) is 5.84 Å². The van der Waals surface area contributed by atoms with Crippen molar-refractivity contribution in [3.63, 3.8) is 0 Å². The molecular weight excluding hydrogens is 270 g/mol. The molecule has 1 aromatic carbocycles. The Balaban J connectivity index is 2.02. The maximum atomic E-state index is 6.09. The summed E-state index contributed by atoms with van der Waals surface area (Å²) in [5.41, 5.74) is 0.984. The first-order chi connectivity index (χ1) is 9.74. The predicted molar refractivity (Wildman–Crippen MR) is 86.5 cm³/mol. The van der Waals surface area contributed by atoms with Gasteiger partial charge in [0.2, 0.25) is 5.13 Å². The Hall–Kier alpha value is -1.33. The number of fused-ring (bicyclic) bond motifs is 1. The average molecular weight is 293 g/mol. The van der Waals surface area contributed by atoms with Gasteiger partial charge in [-0.25, -0.2) is 10.8 Å². The first kappa shape index (κ1) is 15.1. The van der Waals surface area contributed by atoms with Crippen molar-refractivity contribution in [2.75, 3.05) is 18.2 Å². The molecule has 1 heterocycles. The van der Waals surface area contributed by atoms with Gasteiger partial charge in [-0.15, -0.1) is 0 Å². The molecule has 0 radical (unpaired) electrons. The lowest BCUT2D eigenvalue weighted by molar-refractivity contribution is 0.341. The van der Waals surface area contributed by atoms with Crippen LogP contribution in [0.25, 0.3) is 10.2 Å². The van der Waals surface area contributed by atoms with Gasteiger partial charge in [0.25, 0.3) is 0 Å². The van der Waals surface area contributed by atoms with Crippen LogP contribution in [0, 0.1) is 0 Å². The van der Waals surface area contributed by atoms with E-state index >= 15 is 0 Å². The second kappa shape index (κ2) is 7.45. The molecule has 0 bridgehead atoms. The largest absolute Gasteiger partial charge is 0.494 e. The fourth-order valence-electron chi connectivity index (χ4n) is 2.08.